The summed E-state index contributed by atoms with van der Waals surface area (Å²) in [6.07, 6.45) is 0. The van der Waals surface area contributed by atoms with Crippen molar-refractivity contribution in [2.24, 2.45) is 0 Å². The number of hydrogen-bond donors (Lipinski definition) is 0. The van der Waals surface area contributed by atoms with Crippen LogP contribution >= 0.6 is 39.5 Å². The van der Waals surface area contributed by atoms with Crippen LogP contribution < -0.4 is 4.89 Å². The van der Waals surface area contributed by atoms with Gasteiger partial charge in [0.1, 0.15) is 7.60 Å². The lowest BCUT2D eigenvalue weighted by molar-refractivity contribution is -0.196. The summed E-state index contributed by atoms with van der Waals surface area (Å²) in [4.78, 5) is 10.5. The minimum Gasteiger partial charge on any atom is -0.779 e. The van der Waals surface area contributed by atoms with Crippen LogP contribution in [0.15, 0.2) is 0 Å². The maximum Gasteiger partial charge on any atom is 0.131 e. The largest absolute Gasteiger partial charge is 0.779 e. The summed E-state index contributed by atoms with van der Waals surface area (Å²) in [5, 5.41) is 0.674. The van der Waals surface area contributed by atoms with Crippen molar-refractivity contribution in [3.63, 3.8) is 0 Å². The Hall–Kier alpha value is 1.11. The Kier molecular flexibility index (Phi) is 5.42. The van der Waals surface area contributed by atoms with E-state index < -0.39 is 7.60 Å². The first kappa shape index (κ1) is 11.1. The van der Waals surface area contributed by atoms with Crippen LogP contribution in [0.1, 0.15) is 0 Å². The third kappa shape index (κ3) is 7.22. The Balaban J connectivity index is 3.46. The zero-order valence-electron chi connectivity index (χ0n) is 5.42. The van der Waals surface area contributed by atoms with E-state index in [1.165, 1.54) is 0 Å². The highest BCUT2D eigenvalue weighted by Crippen LogP contribution is 2.31. The molecule has 0 rings (SSSR count). The standard InChI is InChI=1S/C4H9Br2O3P/c1-10(7,8)9-3-4(6)2-5/h4H,2-3H2,1H3,(H,7,8)/p-1. The molecule has 3 nitrogen and oxygen atoms in total. The van der Waals surface area contributed by atoms with Gasteiger partial charge in [-0.1, -0.05) is 31.9 Å². The van der Waals surface area contributed by atoms with Gasteiger partial charge in [0.25, 0.3) is 0 Å². The normalized spacial score (nSPS) is 20.0. The van der Waals surface area contributed by atoms with E-state index in [1.54, 1.807) is 0 Å². The average Bonchev–Trinajstić information content (AvgIpc) is 1.81. The predicted octanol–water partition coefficient (Wildman–Crippen LogP) is 1.34. The number of halogens is 2. The van der Waals surface area contributed by atoms with Gasteiger partial charge in [-0.25, -0.2) is 0 Å². The lowest BCUT2D eigenvalue weighted by Gasteiger charge is -2.18. The summed E-state index contributed by atoms with van der Waals surface area (Å²) in [5.41, 5.74) is 0. The minimum atomic E-state index is -3.53. The fourth-order valence-corrected chi connectivity index (χ4v) is 1.23. The number of alkyl halides is 2. The molecule has 0 aromatic carbocycles. The Morgan fingerprint density at radius 3 is 2.60 bits per heavy atom. The van der Waals surface area contributed by atoms with E-state index in [0.29, 0.717) is 5.33 Å². The molecular weight excluding hydrogens is 287 g/mol. The van der Waals surface area contributed by atoms with Crippen molar-refractivity contribution in [3.05, 3.63) is 0 Å². The van der Waals surface area contributed by atoms with Crippen LogP contribution in [0.25, 0.3) is 0 Å². The van der Waals surface area contributed by atoms with Gasteiger partial charge in [0, 0.05) is 16.8 Å². The van der Waals surface area contributed by atoms with Gasteiger partial charge in [-0.2, -0.15) is 0 Å². The van der Waals surface area contributed by atoms with Crippen LogP contribution in [0, 0.1) is 0 Å². The molecule has 0 bridgehead atoms. The molecule has 0 aliphatic carbocycles. The molecule has 0 aromatic rings. The van der Waals surface area contributed by atoms with Gasteiger partial charge in [0.05, 0.1) is 6.61 Å². The van der Waals surface area contributed by atoms with Crippen LogP contribution in [0.4, 0.5) is 0 Å². The molecule has 2 atom stereocenters. The smallest absolute Gasteiger partial charge is 0.131 e. The monoisotopic (exact) mass is 293 g/mol. The van der Waals surface area contributed by atoms with Crippen molar-refractivity contribution in [3.8, 4) is 0 Å². The maximum atomic E-state index is 10.4. The third-order valence-electron chi connectivity index (χ3n) is 0.657. The molecular formula is C4H8Br2O3P-. The van der Waals surface area contributed by atoms with Gasteiger partial charge in [0.2, 0.25) is 0 Å². The SMILES string of the molecule is CP(=O)([O-])OCC(Br)CBr. The Labute approximate surface area is 76.9 Å². The molecule has 6 heteroatoms. The molecule has 0 saturated heterocycles. The van der Waals surface area contributed by atoms with Crippen LogP contribution in [0.5, 0.6) is 0 Å². The van der Waals surface area contributed by atoms with E-state index in [1.807, 2.05) is 0 Å². The van der Waals surface area contributed by atoms with E-state index in [2.05, 4.69) is 36.4 Å². The zero-order chi connectivity index (χ0) is 8.20. The Morgan fingerprint density at radius 1 is 1.80 bits per heavy atom. The van der Waals surface area contributed by atoms with Gasteiger partial charge >= 0.3 is 0 Å². The van der Waals surface area contributed by atoms with Gasteiger partial charge < -0.3 is 14.0 Å². The summed E-state index contributed by atoms with van der Waals surface area (Å²) in [6.45, 7) is 1.24. The Bertz CT molecular complexity index is 134. The van der Waals surface area contributed by atoms with Crippen LogP contribution in [-0.4, -0.2) is 23.4 Å². The molecule has 0 heterocycles. The van der Waals surface area contributed by atoms with Crippen LogP contribution in [0.3, 0.4) is 0 Å². The second kappa shape index (κ2) is 4.88. The molecule has 0 aromatic heterocycles. The fraction of sp³-hybridized carbons (Fsp3) is 1.00. The van der Waals surface area contributed by atoms with Crippen molar-refractivity contribution < 1.29 is 14.0 Å². The topological polar surface area (TPSA) is 49.4 Å². The summed E-state index contributed by atoms with van der Waals surface area (Å²) in [6, 6.07) is 0. The summed E-state index contributed by atoms with van der Waals surface area (Å²) >= 11 is 6.36. The molecule has 0 aliphatic heterocycles. The maximum absolute atomic E-state index is 10.4. The van der Waals surface area contributed by atoms with Gasteiger partial charge in [-0.05, 0) is 0 Å². The molecule has 0 fully saturated rings. The van der Waals surface area contributed by atoms with Crippen molar-refractivity contribution >= 4 is 39.5 Å². The summed E-state index contributed by atoms with van der Waals surface area (Å²) < 4.78 is 14.9. The van der Waals surface area contributed by atoms with E-state index >= 15 is 0 Å². The molecule has 0 amide bonds. The summed E-state index contributed by atoms with van der Waals surface area (Å²) in [5.74, 6) is 0. The predicted molar refractivity (Wildman–Crippen MR) is 46.0 cm³/mol. The van der Waals surface area contributed by atoms with Crippen LogP contribution in [-0.2, 0) is 9.09 Å². The molecule has 0 spiro atoms. The third-order valence-corrected chi connectivity index (χ3v) is 3.51. The first-order valence-electron chi connectivity index (χ1n) is 2.59. The molecule has 0 N–H and O–H groups in total. The first-order valence-corrected chi connectivity index (χ1v) is 6.61. The van der Waals surface area contributed by atoms with Crippen molar-refractivity contribution in [2.45, 2.75) is 4.83 Å². The lowest BCUT2D eigenvalue weighted by Crippen LogP contribution is -2.12. The highest BCUT2D eigenvalue weighted by atomic mass is 79.9. The van der Waals surface area contributed by atoms with E-state index in [4.69, 9.17) is 0 Å². The molecule has 0 saturated carbocycles. The minimum absolute atomic E-state index is 0.0507. The van der Waals surface area contributed by atoms with E-state index in [-0.39, 0.29) is 11.4 Å². The second-order valence-electron chi connectivity index (χ2n) is 1.82. The Morgan fingerprint density at radius 2 is 2.30 bits per heavy atom. The van der Waals surface area contributed by atoms with Crippen molar-refractivity contribution in [2.75, 3.05) is 18.6 Å². The average molecular weight is 295 g/mol. The zero-order valence-corrected chi connectivity index (χ0v) is 9.49. The van der Waals surface area contributed by atoms with Crippen LogP contribution in [0.2, 0.25) is 0 Å². The van der Waals surface area contributed by atoms with Gasteiger partial charge in [-0.15, -0.1) is 0 Å². The van der Waals surface area contributed by atoms with Crippen molar-refractivity contribution in [1.82, 2.24) is 0 Å². The molecule has 10 heavy (non-hydrogen) atoms. The quantitative estimate of drug-likeness (QED) is 0.581. The van der Waals surface area contributed by atoms with Gasteiger partial charge in [-0.3, -0.25) is 0 Å². The first-order chi connectivity index (χ1) is 4.45. The number of hydrogen-bond acceptors (Lipinski definition) is 3. The number of rotatable bonds is 4. The van der Waals surface area contributed by atoms with Crippen molar-refractivity contribution in [1.29, 1.82) is 0 Å². The molecule has 62 valence electrons. The fourth-order valence-electron chi connectivity index (χ4n) is 0.261. The van der Waals surface area contributed by atoms with E-state index in [9.17, 15) is 9.46 Å². The highest BCUT2D eigenvalue weighted by Gasteiger charge is 2.04. The lowest BCUT2D eigenvalue weighted by atomic mass is 10.5. The summed E-state index contributed by atoms with van der Waals surface area (Å²) in [7, 11) is -3.53. The van der Waals surface area contributed by atoms with Gasteiger partial charge in [0.15, 0.2) is 0 Å². The van der Waals surface area contributed by atoms with E-state index in [0.717, 1.165) is 6.66 Å². The molecule has 0 radical (unpaired) electrons. The highest BCUT2D eigenvalue weighted by molar-refractivity contribution is 9.12. The molecule has 2 unspecified atom stereocenters. The second-order valence-corrected chi connectivity index (χ2v) is 5.56. The molecule has 0 aliphatic rings.